The van der Waals surface area contributed by atoms with Crippen LogP contribution in [0.2, 0.25) is 0 Å². The fourth-order valence-electron chi connectivity index (χ4n) is 7.97. The maximum absolute atomic E-state index is 13.1. The summed E-state index contributed by atoms with van der Waals surface area (Å²) in [7, 11) is 0. The Morgan fingerprint density at radius 1 is 0.569 bits per heavy atom. The number of aliphatic hydroxyl groups is 4. The molecule has 0 aliphatic rings. The minimum absolute atomic E-state index is 0.00213. The van der Waals surface area contributed by atoms with Crippen LogP contribution in [0.1, 0.15) is 67.2 Å². The lowest BCUT2D eigenvalue weighted by atomic mass is 10.0. The summed E-state index contributed by atoms with van der Waals surface area (Å²) in [6.07, 6.45) is -0.920. The van der Waals surface area contributed by atoms with Crippen LogP contribution in [0.3, 0.4) is 0 Å². The van der Waals surface area contributed by atoms with Crippen LogP contribution in [0.4, 0.5) is 0 Å². The number of benzene rings is 4. The molecule has 4 unspecified atom stereocenters. The highest BCUT2D eigenvalue weighted by Crippen LogP contribution is 2.29. The molecule has 65 heavy (non-hydrogen) atoms. The SMILES string of the molecule is CCCN(CC(O)COc1ccc2sc3ccccc3c(=O)c2c1)CC(O)COC(C)(C)CCOC(C)(C)CC(O)N(CCC)CC(O)COc1ccc2sc3ccccc3c(=O)c2c1. The van der Waals surface area contributed by atoms with Gasteiger partial charge in [0.25, 0.3) is 0 Å². The number of aliphatic hydroxyl groups excluding tert-OH is 4. The second kappa shape index (κ2) is 23.1. The number of fused-ring (bicyclic) bond motifs is 4. The van der Waals surface area contributed by atoms with Crippen molar-refractivity contribution in [2.75, 3.05) is 59.2 Å². The summed E-state index contributed by atoms with van der Waals surface area (Å²) in [5.41, 5.74) is -1.39. The lowest BCUT2D eigenvalue weighted by molar-refractivity contribution is -0.118. The van der Waals surface area contributed by atoms with Gasteiger partial charge in [-0.2, -0.15) is 0 Å². The molecule has 352 valence electrons. The fourth-order valence-corrected chi connectivity index (χ4v) is 10.1. The topological polar surface area (TPSA) is 158 Å². The number of rotatable bonds is 26. The molecule has 2 heterocycles. The first kappa shape index (κ1) is 50.4. The van der Waals surface area contributed by atoms with E-state index in [1.165, 1.54) is 0 Å². The molecule has 0 saturated carbocycles. The molecule has 6 aromatic rings. The summed E-state index contributed by atoms with van der Waals surface area (Å²) in [5, 5.41) is 46.8. The number of ether oxygens (including phenoxy) is 4. The van der Waals surface area contributed by atoms with Crippen molar-refractivity contribution in [3.05, 3.63) is 105 Å². The largest absolute Gasteiger partial charge is 0.491 e. The first-order chi connectivity index (χ1) is 31.0. The Morgan fingerprint density at radius 2 is 1.05 bits per heavy atom. The Labute approximate surface area is 389 Å². The van der Waals surface area contributed by atoms with Gasteiger partial charge < -0.3 is 39.4 Å². The highest BCUT2D eigenvalue weighted by molar-refractivity contribution is 7.24. The number of hydrogen-bond acceptors (Lipinski definition) is 14. The van der Waals surface area contributed by atoms with E-state index in [4.69, 9.17) is 18.9 Å². The van der Waals surface area contributed by atoms with Gasteiger partial charge in [-0.15, -0.1) is 22.7 Å². The van der Waals surface area contributed by atoms with E-state index in [0.717, 1.165) is 31.6 Å². The van der Waals surface area contributed by atoms with Gasteiger partial charge in [-0.1, -0.05) is 38.1 Å². The van der Waals surface area contributed by atoms with Crippen molar-refractivity contribution in [2.24, 2.45) is 0 Å². The number of hydrogen-bond donors (Lipinski definition) is 4. The minimum Gasteiger partial charge on any atom is -0.491 e. The van der Waals surface area contributed by atoms with Gasteiger partial charge in [0, 0.05) is 72.9 Å². The van der Waals surface area contributed by atoms with Crippen molar-refractivity contribution in [3.8, 4) is 11.5 Å². The summed E-state index contributed by atoms with van der Waals surface area (Å²) >= 11 is 3.11. The zero-order chi connectivity index (χ0) is 46.7. The second-order valence-corrected chi connectivity index (χ2v) is 20.3. The van der Waals surface area contributed by atoms with Gasteiger partial charge in [-0.3, -0.25) is 19.4 Å². The zero-order valence-corrected chi connectivity index (χ0v) is 40.2. The van der Waals surface area contributed by atoms with E-state index in [1.807, 2.05) is 124 Å². The smallest absolute Gasteiger partial charge is 0.196 e. The fraction of sp³-hybridized carbons (Fsp3) is 0.490. The highest BCUT2D eigenvalue weighted by Gasteiger charge is 2.30. The van der Waals surface area contributed by atoms with Gasteiger partial charge in [0.15, 0.2) is 10.9 Å². The minimum atomic E-state index is -0.887. The van der Waals surface area contributed by atoms with Crippen LogP contribution in [0.5, 0.6) is 11.5 Å². The molecular weight excluding hydrogens is 865 g/mol. The van der Waals surface area contributed by atoms with Gasteiger partial charge in [0.05, 0.1) is 30.5 Å². The monoisotopic (exact) mass is 930 g/mol. The third-order valence-corrected chi connectivity index (χ3v) is 13.7. The number of nitrogens with zero attached hydrogens (tertiary/aromatic N) is 2. The van der Waals surface area contributed by atoms with Gasteiger partial charge in [-0.25, -0.2) is 0 Å². The molecule has 12 nitrogen and oxygen atoms in total. The van der Waals surface area contributed by atoms with Crippen LogP contribution in [0.15, 0.2) is 94.5 Å². The van der Waals surface area contributed by atoms with Crippen LogP contribution in [-0.4, -0.2) is 125 Å². The summed E-state index contributed by atoms with van der Waals surface area (Å²) in [6.45, 7) is 14.4. The molecular formula is C51H66N2O10S2. The van der Waals surface area contributed by atoms with Crippen molar-refractivity contribution in [2.45, 2.75) is 103 Å². The third kappa shape index (κ3) is 14.2. The van der Waals surface area contributed by atoms with E-state index in [0.29, 0.717) is 78.7 Å². The standard InChI is InChI=1S/C51H66N2O10S2/c1-7-22-52(28-34(54)31-60-37-17-19-45-41(25-37)48(58)39-13-9-11-15-43(39)64-45)29-35(55)33-63-50(3,4)21-24-62-51(5,6)27-47(57)53(23-8-2)30-36(56)32-61-38-18-20-46-42(26-38)49(59)40-14-10-12-16-44(40)65-46/h9-20,25-26,34-36,47,54-57H,7-8,21-24,27-33H2,1-6H3. The molecule has 0 aliphatic carbocycles. The van der Waals surface area contributed by atoms with Crippen LogP contribution < -0.4 is 20.3 Å². The van der Waals surface area contributed by atoms with Crippen LogP contribution in [0, 0.1) is 0 Å². The average Bonchev–Trinajstić information content (AvgIpc) is 3.27. The summed E-state index contributed by atoms with van der Waals surface area (Å²) in [4.78, 5) is 30.1. The average molecular weight is 931 g/mol. The van der Waals surface area contributed by atoms with Crippen LogP contribution in [0.25, 0.3) is 40.3 Å². The molecule has 0 saturated heterocycles. The maximum Gasteiger partial charge on any atom is 0.196 e. The molecule has 4 atom stereocenters. The van der Waals surface area contributed by atoms with E-state index >= 15 is 0 Å². The molecule has 0 spiro atoms. The van der Waals surface area contributed by atoms with E-state index in [2.05, 4.69) is 0 Å². The Kier molecular flexibility index (Phi) is 17.9. The molecule has 6 rings (SSSR count). The lowest BCUT2D eigenvalue weighted by Crippen LogP contribution is -2.46. The molecule has 0 aliphatic heterocycles. The van der Waals surface area contributed by atoms with Crippen LogP contribution >= 0.6 is 22.7 Å². The third-order valence-electron chi connectivity index (χ3n) is 11.4. The predicted molar refractivity (Wildman–Crippen MR) is 264 cm³/mol. The Hall–Kier alpha value is -4.06. The van der Waals surface area contributed by atoms with Crippen molar-refractivity contribution >= 4 is 63.0 Å². The highest BCUT2D eigenvalue weighted by atomic mass is 32.1. The first-order valence-electron chi connectivity index (χ1n) is 22.7. The molecule has 2 aromatic heterocycles. The van der Waals surface area contributed by atoms with Crippen molar-refractivity contribution in [1.82, 2.24) is 9.80 Å². The molecule has 0 radical (unpaired) electrons. The van der Waals surface area contributed by atoms with Crippen LogP contribution in [-0.2, 0) is 9.47 Å². The second-order valence-electron chi connectivity index (χ2n) is 18.1. The van der Waals surface area contributed by atoms with E-state index in [-0.39, 0.29) is 37.2 Å². The molecule has 4 N–H and O–H groups in total. The van der Waals surface area contributed by atoms with Crippen molar-refractivity contribution in [3.63, 3.8) is 0 Å². The zero-order valence-electron chi connectivity index (χ0n) is 38.5. The first-order valence-corrected chi connectivity index (χ1v) is 24.3. The summed E-state index contributed by atoms with van der Waals surface area (Å²) in [5.74, 6) is 1.02. The Bertz CT molecular complexity index is 2600. The molecule has 14 heteroatoms. The van der Waals surface area contributed by atoms with Gasteiger partial charge >= 0.3 is 0 Å². The van der Waals surface area contributed by atoms with Gasteiger partial charge in [0.2, 0.25) is 0 Å². The van der Waals surface area contributed by atoms with E-state index in [1.54, 1.807) is 34.8 Å². The summed E-state index contributed by atoms with van der Waals surface area (Å²) in [6, 6.07) is 26.0. The van der Waals surface area contributed by atoms with Crippen molar-refractivity contribution in [1.29, 1.82) is 0 Å². The molecule has 0 amide bonds. The quantitative estimate of drug-likeness (QED) is 0.0310. The Balaban J connectivity index is 0.908. The van der Waals surface area contributed by atoms with E-state index in [9.17, 15) is 30.0 Å². The van der Waals surface area contributed by atoms with E-state index < -0.39 is 35.7 Å². The maximum atomic E-state index is 13.1. The molecule has 0 bridgehead atoms. The normalized spacial score (nSPS) is 14.5. The van der Waals surface area contributed by atoms with Crippen molar-refractivity contribution < 1.29 is 39.4 Å². The van der Waals surface area contributed by atoms with Gasteiger partial charge in [0.1, 0.15) is 43.1 Å². The summed E-state index contributed by atoms with van der Waals surface area (Å²) < 4.78 is 28.0. The lowest BCUT2D eigenvalue weighted by Gasteiger charge is -2.36. The predicted octanol–water partition coefficient (Wildman–Crippen LogP) is 7.80. The molecule has 4 aromatic carbocycles. The van der Waals surface area contributed by atoms with Gasteiger partial charge in [-0.05, 0) is 114 Å². The molecule has 0 fully saturated rings. The Morgan fingerprint density at radius 3 is 1.57 bits per heavy atom.